The van der Waals surface area contributed by atoms with E-state index in [1.54, 1.807) is 13.0 Å². The van der Waals surface area contributed by atoms with E-state index in [0.717, 1.165) is 25.7 Å². The van der Waals surface area contributed by atoms with Gasteiger partial charge in [0.2, 0.25) is 5.82 Å². The molecule has 0 radical (unpaired) electrons. The molecule has 0 saturated heterocycles. The van der Waals surface area contributed by atoms with E-state index in [4.69, 9.17) is 9.47 Å². The SMILES string of the molecule is CCCC(O)c1ccc(C2CCC(COC3CCC(c4ccc(-c5ccc(OCC)c(F)c5F)c(F)c4F)CC3)CC2)c(F)c1F. The van der Waals surface area contributed by atoms with Crippen LogP contribution in [0, 0.1) is 40.8 Å². The highest BCUT2D eigenvalue weighted by molar-refractivity contribution is 5.66. The highest BCUT2D eigenvalue weighted by Gasteiger charge is 2.31. The zero-order valence-corrected chi connectivity index (χ0v) is 26.4. The number of aliphatic hydroxyl groups excluding tert-OH is 1. The van der Waals surface area contributed by atoms with Crippen LogP contribution in [-0.2, 0) is 4.74 Å². The molecule has 9 heteroatoms. The molecule has 46 heavy (non-hydrogen) atoms. The van der Waals surface area contributed by atoms with Gasteiger partial charge in [-0.2, -0.15) is 4.39 Å². The first kappa shape index (κ1) is 34.3. The van der Waals surface area contributed by atoms with Crippen LogP contribution in [0.4, 0.5) is 26.3 Å². The van der Waals surface area contributed by atoms with Gasteiger partial charge in [0.1, 0.15) is 0 Å². The van der Waals surface area contributed by atoms with Crippen LogP contribution in [0.1, 0.15) is 113 Å². The molecule has 1 unspecified atom stereocenters. The van der Waals surface area contributed by atoms with Crippen LogP contribution in [0.15, 0.2) is 36.4 Å². The summed E-state index contributed by atoms with van der Waals surface area (Å²) in [6.07, 6.45) is 5.72. The number of benzene rings is 3. The fourth-order valence-electron chi connectivity index (χ4n) is 7.13. The quantitative estimate of drug-likeness (QED) is 0.210. The summed E-state index contributed by atoms with van der Waals surface area (Å²) in [4.78, 5) is 0. The number of hydrogen-bond donors (Lipinski definition) is 1. The molecule has 2 aliphatic rings. The van der Waals surface area contributed by atoms with Gasteiger partial charge in [-0.3, -0.25) is 0 Å². The first-order chi connectivity index (χ1) is 22.1. The molecule has 0 aromatic heterocycles. The number of ether oxygens (including phenoxy) is 2. The van der Waals surface area contributed by atoms with Gasteiger partial charge in [0.25, 0.3) is 0 Å². The lowest BCUT2D eigenvalue weighted by atomic mass is 9.78. The van der Waals surface area contributed by atoms with Crippen molar-refractivity contribution in [2.75, 3.05) is 13.2 Å². The minimum Gasteiger partial charge on any atom is -0.491 e. The zero-order chi connectivity index (χ0) is 33.0. The third kappa shape index (κ3) is 7.25. The number of halogens is 6. The summed E-state index contributed by atoms with van der Waals surface area (Å²) in [5.41, 5.74) is -0.103. The molecule has 2 aliphatic carbocycles. The summed E-state index contributed by atoms with van der Waals surface area (Å²) in [5, 5.41) is 10.1. The second-order valence-corrected chi connectivity index (χ2v) is 12.7. The van der Waals surface area contributed by atoms with Crippen molar-refractivity contribution in [2.24, 2.45) is 5.92 Å². The maximum atomic E-state index is 15.2. The molecule has 3 aromatic rings. The standard InChI is InChI=1S/C37H42F6O3/c1-3-5-30(44)29-17-15-26(33(39)36(29)42)22-8-6-21(7-9-22)20-46-24-12-10-23(11-13-24)25-14-16-27(34(40)32(25)38)28-18-19-31(45-4-2)37(43)35(28)41/h14-19,21-24,30,44H,3-13,20H2,1-2H3. The van der Waals surface area contributed by atoms with E-state index in [1.165, 1.54) is 30.3 Å². The number of aliphatic hydroxyl groups is 1. The van der Waals surface area contributed by atoms with Crippen molar-refractivity contribution < 1.29 is 40.9 Å². The van der Waals surface area contributed by atoms with Gasteiger partial charge in [0, 0.05) is 23.3 Å². The molecular formula is C37H42F6O3. The van der Waals surface area contributed by atoms with E-state index in [-0.39, 0.29) is 52.5 Å². The second kappa shape index (κ2) is 15.2. The maximum Gasteiger partial charge on any atom is 0.201 e. The Balaban J connectivity index is 1.12. The first-order valence-corrected chi connectivity index (χ1v) is 16.5. The summed E-state index contributed by atoms with van der Waals surface area (Å²) in [6.45, 7) is 4.20. The van der Waals surface area contributed by atoms with Crippen LogP contribution in [0.25, 0.3) is 11.1 Å². The Labute approximate surface area is 266 Å². The Hall–Kier alpha value is -3.04. The minimum absolute atomic E-state index is 0.00397. The van der Waals surface area contributed by atoms with Gasteiger partial charge in [-0.1, -0.05) is 37.6 Å². The molecule has 5 rings (SSSR count). The largest absolute Gasteiger partial charge is 0.491 e. The van der Waals surface area contributed by atoms with Crippen molar-refractivity contribution >= 4 is 0 Å². The molecule has 3 aromatic carbocycles. The monoisotopic (exact) mass is 648 g/mol. The molecule has 0 amide bonds. The second-order valence-electron chi connectivity index (χ2n) is 12.7. The fourth-order valence-corrected chi connectivity index (χ4v) is 7.13. The van der Waals surface area contributed by atoms with Crippen molar-refractivity contribution in [1.82, 2.24) is 0 Å². The van der Waals surface area contributed by atoms with Gasteiger partial charge >= 0.3 is 0 Å². The average molecular weight is 649 g/mol. The Morgan fingerprint density at radius 3 is 1.80 bits per heavy atom. The molecular weight excluding hydrogens is 606 g/mol. The van der Waals surface area contributed by atoms with Gasteiger partial charge in [-0.25, -0.2) is 22.0 Å². The van der Waals surface area contributed by atoms with Crippen LogP contribution in [-0.4, -0.2) is 24.4 Å². The van der Waals surface area contributed by atoms with E-state index >= 15 is 8.78 Å². The molecule has 0 spiro atoms. The van der Waals surface area contributed by atoms with Crippen molar-refractivity contribution in [3.63, 3.8) is 0 Å². The van der Waals surface area contributed by atoms with E-state index in [1.807, 2.05) is 6.92 Å². The fraction of sp³-hybridized carbons (Fsp3) is 0.514. The molecule has 0 aliphatic heterocycles. The first-order valence-electron chi connectivity index (χ1n) is 16.5. The lowest BCUT2D eigenvalue weighted by Crippen LogP contribution is -2.26. The molecule has 2 saturated carbocycles. The summed E-state index contributed by atoms with van der Waals surface area (Å²) in [7, 11) is 0. The van der Waals surface area contributed by atoms with Crippen LogP contribution < -0.4 is 4.74 Å². The van der Waals surface area contributed by atoms with E-state index in [9.17, 15) is 22.7 Å². The summed E-state index contributed by atoms with van der Waals surface area (Å²) < 4.78 is 100. The number of hydrogen-bond acceptors (Lipinski definition) is 3. The predicted octanol–water partition coefficient (Wildman–Crippen LogP) is 10.4. The maximum absolute atomic E-state index is 15.2. The molecule has 1 atom stereocenters. The van der Waals surface area contributed by atoms with Crippen molar-refractivity contribution in [3.05, 3.63) is 88.0 Å². The highest BCUT2D eigenvalue weighted by Crippen LogP contribution is 2.41. The molecule has 250 valence electrons. The van der Waals surface area contributed by atoms with Gasteiger partial charge in [0.05, 0.1) is 18.8 Å². The van der Waals surface area contributed by atoms with E-state index in [2.05, 4.69) is 0 Å². The van der Waals surface area contributed by atoms with Gasteiger partial charge in [0.15, 0.2) is 34.8 Å². The Bertz CT molecular complexity index is 1500. The van der Waals surface area contributed by atoms with Gasteiger partial charge in [-0.15, -0.1) is 0 Å². The number of rotatable bonds is 11. The molecule has 0 bridgehead atoms. The normalized spacial score (nSPS) is 22.5. The molecule has 2 fully saturated rings. The Kier molecular flexibility index (Phi) is 11.4. The zero-order valence-electron chi connectivity index (χ0n) is 26.4. The topological polar surface area (TPSA) is 38.7 Å². The smallest absolute Gasteiger partial charge is 0.201 e. The van der Waals surface area contributed by atoms with E-state index < -0.39 is 41.0 Å². The van der Waals surface area contributed by atoms with Crippen molar-refractivity contribution in [2.45, 2.75) is 102 Å². The minimum atomic E-state index is -1.29. The van der Waals surface area contributed by atoms with Gasteiger partial charge in [-0.05, 0) is 106 Å². The molecule has 3 nitrogen and oxygen atoms in total. The third-order valence-electron chi connectivity index (χ3n) is 9.78. The highest BCUT2D eigenvalue weighted by atomic mass is 19.2. The van der Waals surface area contributed by atoms with Gasteiger partial charge < -0.3 is 14.6 Å². The van der Waals surface area contributed by atoms with Crippen LogP contribution in [0.2, 0.25) is 0 Å². The van der Waals surface area contributed by atoms with E-state index in [0.29, 0.717) is 56.6 Å². The van der Waals surface area contributed by atoms with Crippen LogP contribution in [0.5, 0.6) is 5.75 Å². The summed E-state index contributed by atoms with van der Waals surface area (Å²) in [5.74, 6) is -6.87. The Morgan fingerprint density at radius 1 is 0.652 bits per heavy atom. The van der Waals surface area contributed by atoms with Crippen LogP contribution in [0.3, 0.4) is 0 Å². The average Bonchev–Trinajstić information content (AvgIpc) is 3.06. The lowest BCUT2D eigenvalue weighted by Gasteiger charge is -2.33. The summed E-state index contributed by atoms with van der Waals surface area (Å²) in [6, 6.07) is 8.28. The predicted molar refractivity (Wildman–Crippen MR) is 165 cm³/mol. The summed E-state index contributed by atoms with van der Waals surface area (Å²) >= 11 is 0. The third-order valence-corrected chi connectivity index (χ3v) is 9.78. The molecule has 1 N–H and O–H groups in total. The van der Waals surface area contributed by atoms with Crippen LogP contribution >= 0.6 is 0 Å². The Morgan fingerprint density at radius 2 is 1.20 bits per heavy atom. The molecule has 0 heterocycles. The van der Waals surface area contributed by atoms with Crippen molar-refractivity contribution in [3.8, 4) is 16.9 Å². The lowest BCUT2D eigenvalue weighted by molar-refractivity contribution is -0.00294. The van der Waals surface area contributed by atoms with Crippen molar-refractivity contribution in [1.29, 1.82) is 0 Å².